The summed E-state index contributed by atoms with van der Waals surface area (Å²) in [5.41, 5.74) is 5.17. The minimum absolute atomic E-state index is 0.330. The normalized spacial score (nSPS) is 13.9. The maximum Gasteiger partial charge on any atom is 0.340 e. The topological polar surface area (TPSA) is 39.2 Å². The number of halogens is 1. The number of pyridine rings is 1. The van der Waals surface area contributed by atoms with E-state index in [9.17, 15) is 4.79 Å². The summed E-state index contributed by atoms with van der Waals surface area (Å²) in [5.74, 6) is -0.0104. The number of hydrogen-bond acceptors (Lipinski definition) is 3. The Morgan fingerprint density at radius 2 is 1.92 bits per heavy atom. The first kappa shape index (κ1) is 16.1. The Balaban J connectivity index is 2.18. The molecule has 25 heavy (non-hydrogen) atoms. The zero-order chi connectivity index (χ0) is 17.6. The molecule has 2 aromatic carbocycles. The van der Waals surface area contributed by atoms with E-state index >= 15 is 0 Å². The van der Waals surface area contributed by atoms with Gasteiger partial charge in [0.25, 0.3) is 0 Å². The molecular weight excluding hydrogens is 334 g/mol. The van der Waals surface area contributed by atoms with Crippen molar-refractivity contribution in [2.24, 2.45) is 0 Å². The van der Waals surface area contributed by atoms with E-state index in [4.69, 9.17) is 21.3 Å². The van der Waals surface area contributed by atoms with Gasteiger partial charge in [-0.05, 0) is 43.0 Å². The summed E-state index contributed by atoms with van der Waals surface area (Å²) in [6.07, 6.45) is 2.12. The second kappa shape index (κ2) is 6.16. The molecule has 0 spiro atoms. The van der Waals surface area contributed by atoms with E-state index in [1.54, 1.807) is 0 Å². The molecule has 1 aromatic heterocycles. The van der Waals surface area contributed by atoms with Crippen LogP contribution in [0.2, 0.25) is 5.02 Å². The summed E-state index contributed by atoms with van der Waals surface area (Å²) >= 11 is 6.32. The van der Waals surface area contributed by atoms with Gasteiger partial charge in [0.2, 0.25) is 0 Å². The molecule has 0 amide bonds. The van der Waals surface area contributed by atoms with E-state index in [0.717, 1.165) is 46.1 Å². The van der Waals surface area contributed by atoms with Crippen molar-refractivity contribution in [3.63, 3.8) is 0 Å². The molecule has 126 valence electrons. The number of rotatable bonds is 3. The first-order chi connectivity index (χ1) is 12.1. The Hall–Kier alpha value is -2.39. The minimum Gasteiger partial charge on any atom is -0.465 e. The maximum absolute atomic E-state index is 12.7. The van der Waals surface area contributed by atoms with Crippen LogP contribution < -0.4 is 0 Å². The number of ether oxygens (including phenoxy) is 1. The Kier molecular flexibility index (Phi) is 3.97. The lowest BCUT2D eigenvalue weighted by Crippen LogP contribution is -2.11. The maximum atomic E-state index is 12.7. The molecule has 1 fully saturated rings. The third-order valence-corrected chi connectivity index (χ3v) is 4.91. The predicted octanol–water partition coefficient (Wildman–Crippen LogP) is 5.53. The molecule has 1 saturated carbocycles. The van der Waals surface area contributed by atoms with Gasteiger partial charge in [0.05, 0.1) is 23.9 Å². The van der Waals surface area contributed by atoms with Crippen molar-refractivity contribution in [2.45, 2.75) is 25.7 Å². The second-order valence-electron chi connectivity index (χ2n) is 6.50. The standard InChI is InChI=1S/C21H18ClNO2/c1-12-10-15(22)11-16-17(13-6-4-3-5-7-13)18(21(24)25-2)20(14-8-9-14)23-19(12)16/h3-7,10-11,14H,8-9H2,1-2H3. The highest BCUT2D eigenvalue weighted by molar-refractivity contribution is 6.31. The fraction of sp³-hybridized carbons (Fsp3) is 0.238. The third-order valence-electron chi connectivity index (χ3n) is 4.69. The van der Waals surface area contributed by atoms with Crippen LogP contribution in [0.1, 0.15) is 40.4 Å². The van der Waals surface area contributed by atoms with Crippen molar-refractivity contribution in [1.82, 2.24) is 4.98 Å². The fourth-order valence-corrected chi connectivity index (χ4v) is 3.65. The highest BCUT2D eigenvalue weighted by Crippen LogP contribution is 2.45. The molecule has 4 heteroatoms. The molecule has 4 rings (SSSR count). The van der Waals surface area contributed by atoms with Crippen molar-refractivity contribution in [3.8, 4) is 11.1 Å². The monoisotopic (exact) mass is 351 g/mol. The number of fused-ring (bicyclic) bond motifs is 1. The van der Waals surface area contributed by atoms with Gasteiger partial charge in [-0.25, -0.2) is 4.79 Å². The van der Waals surface area contributed by atoms with Crippen molar-refractivity contribution in [2.75, 3.05) is 7.11 Å². The number of methoxy groups -OCH3 is 1. The number of carbonyl (C=O) groups excluding carboxylic acids is 1. The van der Waals surface area contributed by atoms with Crippen LogP contribution in [0.3, 0.4) is 0 Å². The van der Waals surface area contributed by atoms with Gasteiger partial charge in [-0.15, -0.1) is 0 Å². The van der Waals surface area contributed by atoms with Gasteiger partial charge in [0.1, 0.15) is 0 Å². The molecular formula is C21H18ClNO2. The Morgan fingerprint density at radius 3 is 2.56 bits per heavy atom. The van der Waals surface area contributed by atoms with Gasteiger partial charge in [-0.2, -0.15) is 0 Å². The van der Waals surface area contributed by atoms with Gasteiger partial charge in [-0.1, -0.05) is 41.9 Å². The lowest BCUT2D eigenvalue weighted by Gasteiger charge is -2.17. The van der Waals surface area contributed by atoms with Gasteiger partial charge >= 0.3 is 5.97 Å². The lowest BCUT2D eigenvalue weighted by atomic mass is 9.92. The van der Waals surface area contributed by atoms with Crippen LogP contribution in [0.5, 0.6) is 0 Å². The minimum atomic E-state index is -0.340. The van der Waals surface area contributed by atoms with E-state index in [2.05, 4.69) is 0 Å². The van der Waals surface area contributed by atoms with Gasteiger partial charge in [-0.3, -0.25) is 4.98 Å². The number of carbonyl (C=O) groups is 1. The first-order valence-corrected chi connectivity index (χ1v) is 8.75. The number of benzene rings is 2. The first-order valence-electron chi connectivity index (χ1n) is 8.37. The summed E-state index contributed by atoms with van der Waals surface area (Å²) in [7, 11) is 1.42. The summed E-state index contributed by atoms with van der Waals surface area (Å²) in [6.45, 7) is 2.00. The average Bonchev–Trinajstić information content (AvgIpc) is 3.45. The average molecular weight is 352 g/mol. The van der Waals surface area contributed by atoms with Crippen LogP contribution in [-0.4, -0.2) is 18.1 Å². The smallest absolute Gasteiger partial charge is 0.340 e. The third kappa shape index (κ3) is 2.79. The molecule has 3 nitrogen and oxygen atoms in total. The van der Waals surface area contributed by atoms with Crippen molar-refractivity contribution >= 4 is 28.5 Å². The summed E-state index contributed by atoms with van der Waals surface area (Å²) in [6, 6.07) is 13.7. The van der Waals surface area contributed by atoms with Crippen LogP contribution in [0.15, 0.2) is 42.5 Å². The van der Waals surface area contributed by atoms with Crippen LogP contribution in [0, 0.1) is 6.92 Å². The molecule has 1 aliphatic rings. The molecule has 0 atom stereocenters. The second-order valence-corrected chi connectivity index (χ2v) is 6.93. The van der Waals surface area contributed by atoms with E-state index < -0.39 is 0 Å². The number of aromatic nitrogens is 1. The molecule has 1 heterocycles. The largest absolute Gasteiger partial charge is 0.465 e. The molecule has 0 saturated heterocycles. The summed E-state index contributed by atoms with van der Waals surface area (Å²) in [4.78, 5) is 17.6. The number of aryl methyl sites for hydroxylation is 1. The van der Waals surface area contributed by atoms with Crippen molar-refractivity contribution in [1.29, 1.82) is 0 Å². The zero-order valence-corrected chi connectivity index (χ0v) is 14.9. The summed E-state index contributed by atoms with van der Waals surface area (Å²) < 4.78 is 5.11. The van der Waals surface area contributed by atoms with Crippen LogP contribution in [0.4, 0.5) is 0 Å². The van der Waals surface area contributed by atoms with Crippen LogP contribution in [-0.2, 0) is 4.74 Å². The van der Waals surface area contributed by atoms with Crippen LogP contribution >= 0.6 is 11.6 Å². The zero-order valence-electron chi connectivity index (χ0n) is 14.2. The fourth-order valence-electron chi connectivity index (χ4n) is 3.38. The lowest BCUT2D eigenvalue weighted by molar-refractivity contribution is 0.0600. The highest BCUT2D eigenvalue weighted by atomic mass is 35.5. The Labute approximate surface area is 151 Å². The van der Waals surface area contributed by atoms with E-state index in [0.29, 0.717) is 16.5 Å². The predicted molar refractivity (Wildman–Crippen MR) is 100 cm³/mol. The quantitative estimate of drug-likeness (QED) is 0.582. The Bertz CT molecular complexity index is 978. The SMILES string of the molecule is COC(=O)c1c(C2CC2)nc2c(C)cc(Cl)cc2c1-c1ccccc1. The number of nitrogens with zero attached hydrogens (tertiary/aromatic N) is 1. The molecule has 0 radical (unpaired) electrons. The van der Waals surface area contributed by atoms with Crippen LogP contribution in [0.25, 0.3) is 22.0 Å². The Morgan fingerprint density at radius 1 is 1.20 bits per heavy atom. The molecule has 0 aliphatic heterocycles. The van der Waals surface area contributed by atoms with Gasteiger partial charge in [0.15, 0.2) is 0 Å². The van der Waals surface area contributed by atoms with Crippen molar-refractivity contribution in [3.05, 3.63) is 64.3 Å². The number of esters is 1. The summed E-state index contributed by atoms with van der Waals surface area (Å²) in [5, 5.41) is 1.53. The van der Waals surface area contributed by atoms with E-state index in [1.807, 2.05) is 49.4 Å². The molecule has 3 aromatic rings. The van der Waals surface area contributed by atoms with Gasteiger partial charge < -0.3 is 4.74 Å². The number of hydrogen-bond donors (Lipinski definition) is 0. The molecule has 0 unspecified atom stereocenters. The van der Waals surface area contributed by atoms with E-state index in [-0.39, 0.29) is 5.97 Å². The van der Waals surface area contributed by atoms with Gasteiger partial charge in [0, 0.05) is 21.9 Å². The van der Waals surface area contributed by atoms with Crippen molar-refractivity contribution < 1.29 is 9.53 Å². The molecule has 0 N–H and O–H groups in total. The van der Waals surface area contributed by atoms with E-state index in [1.165, 1.54) is 7.11 Å². The molecule has 0 bridgehead atoms. The molecule has 1 aliphatic carbocycles. The highest BCUT2D eigenvalue weighted by Gasteiger charge is 2.33.